The number of aliphatic hydroxyl groups excluding tert-OH is 1. The van der Waals surface area contributed by atoms with Crippen LogP contribution in [0.1, 0.15) is 11.1 Å². The number of halogens is 2. The highest BCUT2D eigenvalue weighted by Crippen LogP contribution is 2.14. The summed E-state index contributed by atoms with van der Waals surface area (Å²) < 4.78 is 25.9. The maximum atomic E-state index is 12.9. The van der Waals surface area contributed by atoms with Crippen LogP contribution in [0.25, 0.3) is 0 Å². The first kappa shape index (κ1) is 12.2. The summed E-state index contributed by atoms with van der Waals surface area (Å²) in [5.41, 5.74) is 1.52. The largest absolute Gasteiger partial charge is 0.392 e. The Morgan fingerprint density at radius 2 is 1.71 bits per heavy atom. The van der Waals surface area contributed by atoms with Crippen molar-refractivity contribution in [3.05, 3.63) is 57.8 Å². The lowest BCUT2D eigenvalue weighted by molar-refractivity contribution is 0.175. The maximum absolute atomic E-state index is 12.9. The van der Waals surface area contributed by atoms with Crippen LogP contribution in [0.15, 0.2) is 35.0 Å². The van der Waals surface area contributed by atoms with Gasteiger partial charge in [-0.15, -0.1) is 0 Å². The van der Waals surface area contributed by atoms with Crippen molar-refractivity contribution in [2.24, 2.45) is 0 Å². The highest BCUT2D eigenvalue weighted by molar-refractivity contribution is 7.07. The summed E-state index contributed by atoms with van der Waals surface area (Å²) in [6.07, 6.45) is 0.136. The van der Waals surface area contributed by atoms with Gasteiger partial charge in [-0.25, -0.2) is 8.78 Å². The Labute approximate surface area is 102 Å². The molecule has 0 amide bonds. The smallest absolute Gasteiger partial charge is 0.126 e. The topological polar surface area (TPSA) is 20.2 Å². The molecule has 2 aromatic rings. The number of benzene rings is 1. The SMILES string of the molecule is OC(Cc1ccsc1)Cc1cc(F)cc(F)c1. The molecule has 1 atom stereocenters. The third-order valence-electron chi connectivity index (χ3n) is 2.45. The number of hydrogen-bond donors (Lipinski definition) is 1. The van der Waals surface area contributed by atoms with Crippen molar-refractivity contribution in [3.63, 3.8) is 0 Å². The standard InChI is InChI=1S/C13H12F2OS/c14-11-3-10(4-12(15)7-11)6-13(16)5-9-1-2-17-8-9/h1-4,7-8,13,16H,5-6H2. The summed E-state index contributed by atoms with van der Waals surface area (Å²) in [5.74, 6) is -1.22. The molecule has 90 valence electrons. The van der Waals surface area contributed by atoms with Crippen LogP contribution < -0.4 is 0 Å². The van der Waals surface area contributed by atoms with E-state index in [-0.39, 0.29) is 6.42 Å². The van der Waals surface area contributed by atoms with Gasteiger partial charge in [0.05, 0.1) is 6.10 Å². The predicted molar refractivity (Wildman–Crippen MR) is 64.1 cm³/mol. The molecule has 4 heteroatoms. The van der Waals surface area contributed by atoms with Crippen LogP contribution in [0, 0.1) is 11.6 Å². The summed E-state index contributed by atoms with van der Waals surface area (Å²) in [4.78, 5) is 0. The predicted octanol–water partition coefficient (Wildman–Crippen LogP) is 3.17. The van der Waals surface area contributed by atoms with Crippen LogP contribution in [0.2, 0.25) is 0 Å². The van der Waals surface area contributed by atoms with Crippen molar-refractivity contribution in [2.75, 3.05) is 0 Å². The molecule has 0 aliphatic rings. The van der Waals surface area contributed by atoms with Gasteiger partial charge in [0.1, 0.15) is 11.6 Å². The zero-order valence-corrected chi connectivity index (χ0v) is 9.88. The summed E-state index contributed by atoms with van der Waals surface area (Å²) in [7, 11) is 0. The first-order chi connectivity index (χ1) is 8.13. The van der Waals surface area contributed by atoms with E-state index in [4.69, 9.17) is 0 Å². The highest BCUT2D eigenvalue weighted by Gasteiger charge is 2.09. The maximum Gasteiger partial charge on any atom is 0.126 e. The molecule has 0 aliphatic carbocycles. The van der Waals surface area contributed by atoms with Crippen molar-refractivity contribution in [2.45, 2.75) is 18.9 Å². The van der Waals surface area contributed by atoms with E-state index in [1.54, 1.807) is 11.3 Å². The fraction of sp³-hybridized carbons (Fsp3) is 0.231. The second kappa shape index (κ2) is 5.38. The van der Waals surface area contributed by atoms with Gasteiger partial charge >= 0.3 is 0 Å². The fourth-order valence-corrected chi connectivity index (χ4v) is 2.44. The number of rotatable bonds is 4. The second-order valence-electron chi connectivity index (χ2n) is 3.97. The summed E-state index contributed by atoms with van der Waals surface area (Å²) in [6.45, 7) is 0. The molecule has 1 N–H and O–H groups in total. The Bertz CT molecular complexity index is 462. The highest BCUT2D eigenvalue weighted by atomic mass is 32.1. The minimum atomic E-state index is -0.620. The van der Waals surface area contributed by atoms with Crippen LogP contribution in [0.5, 0.6) is 0 Å². The van der Waals surface area contributed by atoms with Crippen molar-refractivity contribution in [1.82, 2.24) is 0 Å². The number of hydrogen-bond acceptors (Lipinski definition) is 2. The van der Waals surface area contributed by atoms with Crippen LogP contribution in [0.4, 0.5) is 8.78 Å². The van der Waals surface area contributed by atoms with Crippen molar-refractivity contribution in [3.8, 4) is 0 Å². The molecule has 0 saturated carbocycles. The first-order valence-electron chi connectivity index (χ1n) is 5.27. The van der Waals surface area contributed by atoms with Gasteiger partial charge in [0.2, 0.25) is 0 Å². The lowest BCUT2D eigenvalue weighted by Gasteiger charge is -2.09. The van der Waals surface area contributed by atoms with Gasteiger partial charge in [-0.05, 0) is 52.9 Å². The Morgan fingerprint density at radius 1 is 1.06 bits per heavy atom. The molecule has 0 aliphatic heterocycles. The van der Waals surface area contributed by atoms with Gasteiger partial charge in [0, 0.05) is 6.07 Å². The summed E-state index contributed by atoms with van der Waals surface area (Å²) in [5, 5.41) is 13.7. The van der Waals surface area contributed by atoms with E-state index in [0.717, 1.165) is 11.6 Å². The van der Waals surface area contributed by atoms with E-state index in [1.165, 1.54) is 12.1 Å². The monoisotopic (exact) mass is 254 g/mol. The first-order valence-corrected chi connectivity index (χ1v) is 6.22. The van der Waals surface area contributed by atoms with Gasteiger partial charge in [0.25, 0.3) is 0 Å². The Balaban J connectivity index is 2.00. The lowest BCUT2D eigenvalue weighted by atomic mass is 10.0. The number of aliphatic hydroxyl groups is 1. The molecule has 1 unspecified atom stereocenters. The zero-order valence-electron chi connectivity index (χ0n) is 9.07. The third kappa shape index (κ3) is 3.61. The molecule has 2 rings (SSSR count). The molecule has 1 heterocycles. The van der Waals surface area contributed by atoms with Crippen LogP contribution in [-0.4, -0.2) is 11.2 Å². The molecular weight excluding hydrogens is 242 g/mol. The average Bonchev–Trinajstić information content (AvgIpc) is 2.67. The van der Waals surface area contributed by atoms with Crippen molar-refractivity contribution >= 4 is 11.3 Å². The molecule has 0 bridgehead atoms. The quantitative estimate of drug-likeness (QED) is 0.888. The molecule has 0 radical (unpaired) electrons. The lowest BCUT2D eigenvalue weighted by Crippen LogP contribution is -2.13. The van der Waals surface area contributed by atoms with E-state index in [9.17, 15) is 13.9 Å². The summed E-state index contributed by atoms with van der Waals surface area (Å²) >= 11 is 1.56. The van der Waals surface area contributed by atoms with E-state index in [1.807, 2.05) is 16.8 Å². The molecule has 0 saturated heterocycles. The molecule has 0 fully saturated rings. The van der Waals surface area contributed by atoms with E-state index in [0.29, 0.717) is 12.0 Å². The molecule has 1 nitrogen and oxygen atoms in total. The molecule has 1 aromatic carbocycles. The van der Waals surface area contributed by atoms with E-state index in [2.05, 4.69) is 0 Å². The normalized spacial score (nSPS) is 12.6. The second-order valence-corrected chi connectivity index (χ2v) is 4.75. The third-order valence-corrected chi connectivity index (χ3v) is 3.18. The van der Waals surface area contributed by atoms with Crippen molar-refractivity contribution < 1.29 is 13.9 Å². The minimum absolute atomic E-state index is 0.254. The van der Waals surface area contributed by atoms with Crippen LogP contribution >= 0.6 is 11.3 Å². The Morgan fingerprint density at radius 3 is 2.29 bits per heavy atom. The van der Waals surface area contributed by atoms with Crippen LogP contribution in [-0.2, 0) is 12.8 Å². The number of thiophene rings is 1. The fourth-order valence-electron chi connectivity index (χ4n) is 1.75. The average molecular weight is 254 g/mol. The Hall–Kier alpha value is -1.26. The van der Waals surface area contributed by atoms with E-state index < -0.39 is 17.7 Å². The molecule has 0 spiro atoms. The van der Waals surface area contributed by atoms with Gasteiger partial charge in [-0.1, -0.05) is 0 Å². The molecular formula is C13H12F2OS. The van der Waals surface area contributed by atoms with Crippen LogP contribution in [0.3, 0.4) is 0 Å². The van der Waals surface area contributed by atoms with Gasteiger partial charge in [-0.2, -0.15) is 11.3 Å². The van der Waals surface area contributed by atoms with E-state index >= 15 is 0 Å². The Kier molecular flexibility index (Phi) is 3.86. The molecule has 17 heavy (non-hydrogen) atoms. The van der Waals surface area contributed by atoms with Gasteiger partial charge < -0.3 is 5.11 Å². The summed E-state index contributed by atoms with van der Waals surface area (Å²) in [6, 6.07) is 5.26. The minimum Gasteiger partial charge on any atom is -0.392 e. The van der Waals surface area contributed by atoms with Gasteiger partial charge in [0.15, 0.2) is 0 Å². The molecule has 1 aromatic heterocycles. The zero-order chi connectivity index (χ0) is 12.3. The van der Waals surface area contributed by atoms with Crippen molar-refractivity contribution in [1.29, 1.82) is 0 Å². The van der Waals surface area contributed by atoms with Gasteiger partial charge in [-0.3, -0.25) is 0 Å².